The Morgan fingerprint density at radius 3 is 2.05 bits per heavy atom. The van der Waals surface area contributed by atoms with E-state index in [0.29, 0.717) is 16.9 Å². The van der Waals surface area contributed by atoms with E-state index in [-0.39, 0.29) is 52.3 Å². The molecule has 0 bridgehead atoms. The van der Waals surface area contributed by atoms with Crippen LogP contribution in [-0.2, 0) is 20.7 Å². The monoisotopic (exact) mass is 584 g/mol. The van der Waals surface area contributed by atoms with Gasteiger partial charge in [-0.3, -0.25) is 28.6 Å². The van der Waals surface area contributed by atoms with Gasteiger partial charge in [-0.25, -0.2) is 0 Å². The van der Waals surface area contributed by atoms with Gasteiger partial charge in [-0.1, -0.05) is 0 Å². The fraction of sp³-hybridized carbons (Fsp3) is 0.0500. The van der Waals surface area contributed by atoms with Crippen LogP contribution in [0.1, 0.15) is 5.56 Å². The number of rotatable bonds is 6. The Morgan fingerprint density at radius 2 is 1.54 bits per heavy atom. The Kier molecular flexibility index (Phi) is 10.2. The number of benzene rings is 3. The van der Waals surface area contributed by atoms with E-state index in [0.717, 1.165) is 6.07 Å². The van der Waals surface area contributed by atoms with Crippen molar-refractivity contribution in [1.82, 2.24) is 15.0 Å². The van der Waals surface area contributed by atoms with E-state index in [9.17, 15) is 33.2 Å². The molecule has 0 spiro atoms. The minimum atomic E-state index is -4.88. The summed E-state index contributed by atoms with van der Waals surface area (Å²) in [5.74, 6) is -0.139. The second kappa shape index (κ2) is 12.7. The van der Waals surface area contributed by atoms with Crippen LogP contribution in [0.5, 0.6) is 0 Å². The summed E-state index contributed by atoms with van der Waals surface area (Å²) in [7, 11) is -7.99. The molecule has 0 radical (unpaired) electrons. The fourth-order valence-electron chi connectivity index (χ4n) is 3.21. The smallest absolute Gasteiger partial charge is 0.754 e. The number of nitro benzene ring substituents is 2. The minimum Gasteiger partial charge on any atom is -0.754 e. The molecule has 0 N–H and O–H groups in total. The largest absolute Gasteiger partial charge is 1.00 e. The topological polar surface area (TPSA) is 229 Å². The molecule has 0 aliphatic rings. The molecule has 1 aromatic heterocycles. The molecular formula is C20H13N6NaO10S2. The molecule has 16 nitrogen and oxygen atoms in total. The van der Waals surface area contributed by atoms with Crippen LogP contribution in [0.3, 0.4) is 0 Å². The zero-order valence-electron chi connectivity index (χ0n) is 19.9. The summed E-state index contributed by atoms with van der Waals surface area (Å²) in [6.45, 7) is 1.61. The van der Waals surface area contributed by atoms with Gasteiger partial charge in [0.25, 0.3) is 11.4 Å². The summed E-state index contributed by atoms with van der Waals surface area (Å²) in [6.07, 6.45) is 0. The van der Waals surface area contributed by atoms with Gasteiger partial charge in [0.05, 0.1) is 25.1 Å². The molecule has 3 aromatic carbocycles. The molecule has 0 fully saturated rings. The number of nitrogens with zero attached hydrogens (tertiary/aromatic N) is 6. The maximum Gasteiger partial charge on any atom is 1.00 e. The summed E-state index contributed by atoms with van der Waals surface area (Å²) < 4.78 is 60.6. The van der Waals surface area contributed by atoms with Crippen molar-refractivity contribution in [2.24, 2.45) is 0 Å². The molecule has 1 heterocycles. The molecule has 0 saturated carbocycles. The Morgan fingerprint density at radius 1 is 0.974 bits per heavy atom. The van der Waals surface area contributed by atoms with Crippen LogP contribution >= 0.6 is 0 Å². The normalized spacial score (nSPS) is 10.5. The van der Waals surface area contributed by atoms with Gasteiger partial charge in [-0.2, -0.15) is 24.3 Å². The molecule has 0 aliphatic heterocycles. The molecule has 0 amide bonds. The fourth-order valence-corrected chi connectivity index (χ4v) is 3.85. The molecule has 19 heteroatoms. The first-order chi connectivity index (χ1) is 17.8. The first-order valence-corrected chi connectivity index (χ1v) is 12.3. The van der Waals surface area contributed by atoms with Gasteiger partial charge in [0.15, 0.2) is 5.69 Å². The average Bonchev–Trinajstić information content (AvgIpc) is 3.28. The van der Waals surface area contributed by atoms with Crippen LogP contribution in [-0.4, -0.2) is 50.4 Å². The summed E-state index contributed by atoms with van der Waals surface area (Å²) in [6, 6.07) is 15.5. The third-order valence-corrected chi connectivity index (χ3v) is 5.67. The molecule has 0 atom stereocenters. The molecule has 0 saturated heterocycles. The van der Waals surface area contributed by atoms with Gasteiger partial charge in [0.1, 0.15) is 5.69 Å². The van der Waals surface area contributed by atoms with E-state index in [4.69, 9.17) is 12.6 Å². The van der Waals surface area contributed by atoms with Crippen molar-refractivity contribution < 1.29 is 69.8 Å². The van der Waals surface area contributed by atoms with Crippen molar-refractivity contribution in [1.29, 1.82) is 0 Å². The van der Waals surface area contributed by atoms with Crippen LogP contribution < -0.4 is 34.4 Å². The first-order valence-electron chi connectivity index (χ1n) is 9.92. The minimum absolute atomic E-state index is 0. The van der Waals surface area contributed by atoms with Crippen LogP contribution in [0.2, 0.25) is 0 Å². The van der Waals surface area contributed by atoms with E-state index in [1.807, 2.05) is 0 Å². The van der Waals surface area contributed by atoms with Gasteiger partial charge in [-0.15, -0.1) is 12.6 Å². The zero-order valence-corrected chi connectivity index (χ0v) is 23.5. The summed E-state index contributed by atoms with van der Waals surface area (Å²) in [5.41, 5.74) is 0.720. The Balaban J connectivity index is 0.000000998. The van der Waals surface area contributed by atoms with Gasteiger partial charge < -0.3 is 4.55 Å². The molecular weight excluding hydrogens is 571 g/mol. The van der Waals surface area contributed by atoms with Gasteiger partial charge in [0, 0.05) is 34.6 Å². The van der Waals surface area contributed by atoms with Crippen LogP contribution in [0.4, 0.5) is 11.4 Å². The summed E-state index contributed by atoms with van der Waals surface area (Å²) >= 11 is 0. The second-order valence-electron chi connectivity index (χ2n) is 7.18. The molecule has 4 aromatic rings. The number of aryl methyl sites for hydroxylation is 1. The van der Waals surface area contributed by atoms with Crippen LogP contribution in [0.25, 0.3) is 22.8 Å². The second-order valence-corrected chi connectivity index (χ2v) is 8.94. The molecule has 0 unspecified atom stereocenters. The maximum atomic E-state index is 11.7. The molecule has 0 aliphatic carbocycles. The average molecular weight is 584 g/mol. The zero-order chi connectivity index (χ0) is 28.2. The number of nitro groups is 2. The third kappa shape index (κ3) is 7.56. The first kappa shape index (κ1) is 31.3. The summed E-state index contributed by atoms with van der Waals surface area (Å²) in [4.78, 5) is 22.9. The van der Waals surface area contributed by atoms with Gasteiger partial charge >= 0.3 is 46.0 Å². The van der Waals surface area contributed by atoms with Crippen LogP contribution in [0, 0.1) is 33.2 Å². The third-order valence-electron chi connectivity index (χ3n) is 4.79. The Labute approximate surface area is 242 Å². The van der Waals surface area contributed by atoms with E-state index in [2.05, 4.69) is 16.3 Å². The van der Waals surface area contributed by atoms with Crippen molar-refractivity contribution in [2.75, 3.05) is 0 Å². The van der Waals surface area contributed by atoms with Gasteiger partial charge in [0.2, 0.25) is 0 Å². The van der Waals surface area contributed by atoms with Crippen LogP contribution in [0.15, 0.2) is 65.6 Å². The number of hydrogen-bond acceptors (Lipinski definition) is 12. The van der Waals surface area contributed by atoms with Crippen molar-refractivity contribution in [3.63, 3.8) is 0 Å². The number of non-ortho nitro benzene ring substituents is 2. The van der Waals surface area contributed by atoms with Crippen molar-refractivity contribution in [2.45, 2.75) is 11.8 Å². The van der Waals surface area contributed by atoms with Gasteiger partial charge in [-0.05, 0) is 45.5 Å². The molecule has 196 valence electrons. The maximum absolute atomic E-state index is 11.7. The quantitative estimate of drug-likeness (QED) is 0.0601. The Hall–Kier alpha value is -3.94. The predicted octanol–water partition coefficient (Wildman–Crippen LogP) is -1.96. The van der Waals surface area contributed by atoms with E-state index < -0.39 is 35.5 Å². The predicted molar refractivity (Wildman–Crippen MR) is 123 cm³/mol. The number of tetrazole rings is 1. The van der Waals surface area contributed by atoms with E-state index in [1.165, 1.54) is 64.2 Å². The van der Waals surface area contributed by atoms with E-state index >= 15 is 0 Å². The summed E-state index contributed by atoms with van der Waals surface area (Å²) in [5, 5.41) is 30.8. The van der Waals surface area contributed by atoms with Crippen molar-refractivity contribution in [3.8, 4) is 22.8 Å². The standard InChI is InChI=1S/C20H14N6O7S.Na.O3S/c1-13-12-16(26(29)30)10-11-18(13)24-22-20(17-4-2-3-5-19(17)34(31,32)33)21-23(24)14-6-8-15(9-7-14)25(27)28;;1-4(2)3/h2,4-12H,1H3,(H,31,32,33);;/q;+1;/p-1. The van der Waals surface area contributed by atoms with E-state index in [1.54, 1.807) is 6.92 Å². The Bertz CT molecular complexity index is 1770. The van der Waals surface area contributed by atoms with Crippen molar-refractivity contribution >= 4 is 32.1 Å². The number of aromatic nitrogens is 4. The number of hydrogen-bond donors (Lipinski definition) is 0. The van der Waals surface area contributed by atoms with Crippen molar-refractivity contribution in [3.05, 3.63) is 92.5 Å². The molecule has 4 rings (SSSR count). The molecule has 39 heavy (non-hydrogen) atoms. The SMILES string of the molecule is Cc1cc([N+](=O)[O-])ccc1-[n+]1nc(-c2cc[c-]cc2S(=O)(=O)[O-])nn1-c1ccc([N+](=O)[O-])cc1.O=S(=O)=O.[Na+].